The standard InChI is InChI=1S/C13H16N2/c1-9(2)12-7-14-15-8-11(10-3-4-10)5-6-13(12)15/h5-10H,3-4H2,1-2H3. The molecule has 0 spiro atoms. The molecular weight excluding hydrogens is 184 g/mol. The predicted octanol–water partition coefficient (Wildman–Crippen LogP) is 3.34. The molecule has 2 nitrogen and oxygen atoms in total. The van der Waals surface area contributed by atoms with Crippen LogP contribution in [0.25, 0.3) is 5.52 Å². The summed E-state index contributed by atoms with van der Waals surface area (Å²) in [4.78, 5) is 0. The molecule has 2 heterocycles. The van der Waals surface area contributed by atoms with E-state index in [2.05, 4.69) is 37.3 Å². The van der Waals surface area contributed by atoms with Gasteiger partial charge in [-0.1, -0.05) is 19.9 Å². The summed E-state index contributed by atoms with van der Waals surface area (Å²) in [6.45, 7) is 4.43. The van der Waals surface area contributed by atoms with Crippen LogP contribution < -0.4 is 0 Å². The first-order valence-corrected chi connectivity index (χ1v) is 5.73. The third-order valence-corrected chi connectivity index (χ3v) is 3.24. The molecule has 15 heavy (non-hydrogen) atoms. The fraction of sp³-hybridized carbons (Fsp3) is 0.462. The maximum atomic E-state index is 4.43. The fourth-order valence-electron chi connectivity index (χ4n) is 2.12. The maximum absolute atomic E-state index is 4.43. The fourth-order valence-corrected chi connectivity index (χ4v) is 2.12. The van der Waals surface area contributed by atoms with Crippen LogP contribution in [0.3, 0.4) is 0 Å². The van der Waals surface area contributed by atoms with E-state index in [0.29, 0.717) is 5.92 Å². The zero-order chi connectivity index (χ0) is 10.4. The Bertz CT molecular complexity index is 492. The molecule has 3 rings (SSSR count). The molecule has 78 valence electrons. The molecule has 0 radical (unpaired) electrons. The summed E-state index contributed by atoms with van der Waals surface area (Å²) < 4.78 is 2.03. The number of pyridine rings is 1. The van der Waals surface area contributed by atoms with Crippen molar-refractivity contribution in [1.29, 1.82) is 0 Å². The van der Waals surface area contributed by atoms with Crippen molar-refractivity contribution >= 4 is 5.52 Å². The summed E-state index contributed by atoms with van der Waals surface area (Å²) in [5.41, 5.74) is 4.05. The highest BCUT2D eigenvalue weighted by Gasteiger charge is 2.24. The monoisotopic (exact) mass is 200 g/mol. The first-order chi connectivity index (χ1) is 7.25. The van der Waals surface area contributed by atoms with Gasteiger partial charge in [-0.25, -0.2) is 4.52 Å². The van der Waals surface area contributed by atoms with E-state index in [-0.39, 0.29) is 0 Å². The SMILES string of the molecule is CC(C)c1cnn2cc(C3CC3)ccc12. The molecule has 0 aliphatic heterocycles. The molecule has 0 saturated heterocycles. The Morgan fingerprint density at radius 2 is 2.13 bits per heavy atom. The lowest BCUT2D eigenvalue weighted by atomic mass is 10.1. The van der Waals surface area contributed by atoms with Crippen molar-refractivity contribution < 1.29 is 0 Å². The van der Waals surface area contributed by atoms with Gasteiger partial charge in [-0.05, 0) is 36.3 Å². The predicted molar refractivity (Wildman–Crippen MR) is 61.3 cm³/mol. The third-order valence-electron chi connectivity index (χ3n) is 3.24. The number of aromatic nitrogens is 2. The number of rotatable bonds is 2. The van der Waals surface area contributed by atoms with Crippen molar-refractivity contribution in [2.24, 2.45) is 0 Å². The van der Waals surface area contributed by atoms with Crippen molar-refractivity contribution in [2.75, 3.05) is 0 Å². The average Bonchev–Trinajstić information content (AvgIpc) is 2.97. The Morgan fingerprint density at radius 3 is 2.80 bits per heavy atom. The highest BCUT2D eigenvalue weighted by atomic mass is 15.2. The smallest absolute Gasteiger partial charge is 0.0696 e. The molecule has 1 saturated carbocycles. The molecule has 1 aliphatic carbocycles. The molecule has 0 amide bonds. The molecule has 0 bridgehead atoms. The number of hydrogen-bond acceptors (Lipinski definition) is 1. The van der Waals surface area contributed by atoms with E-state index in [9.17, 15) is 0 Å². The van der Waals surface area contributed by atoms with Crippen molar-refractivity contribution in [3.8, 4) is 0 Å². The summed E-state index contributed by atoms with van der Waals surface area (Å²) in [6, 6.07) is 4.48. The van der Waals surface area contributed by atoms with Gasteiger partial charge in [0.1, 0.15) is 0 Å². The van der Waals surface area contributed by atoms with Crippen molar-refractivity contribution in [2.45, 2.75) is 38.5 Å². The lowest BCUT2D eigenvalue weighted by Gasteiger charge is -2.03. The maximum Gasteiger partial charge on any atom is 0.0696 e. The zero-order valence-corrected chi connectivity index (χ0v) is 9.27. The minimum Gasteiger partial charge on any atom is -0.240 e. The molecule has 2 aromatic rings. The zero-order valence-electron chi connectivity index (χ0n) is 9.27. The van der Waals surface area contributed by atoms with Gasteiger partial charge in [-0.2, -0.15) is 5.10 Å². The Balaban J connectivity index is 2.13. The summed E-state index contributed by atoms with van der Waals surface area (Å²) in [5, 5.41) is 4.43. The summed E-state index contributed by atoms with van der Waals surface area (Å²) in [7, 11) is 0. The Hall–Kier alpha value is -1.31. The highest BCUT2D eigenvalue weighted by Crippen LogP contribution is 2.40. The van der Waals surface area contributed by atoms with E-state index in [1.807, 2.05) is 10.7 Å². The number of hydrogen-bond donors (Lipinski definition) is 0. The van der Waals surface area contributed by atoms with Crippen LogP contribution in [0.15, 0.2) is 24.5 Å². The Labute approximate surface area is 89.9 Å². The van der Waals surface area contributed by atoms with E-state index in [4.69, 9.17) is 0 Å². The first kappa shape index (κ1) is 8.96. The van der Waals surface area contributed by atoms with E-state index in [0.717, 1.165) is 5.92 Å². The minimum absolute atomic E-state index is 0.550. The van der Waals surface area contributed by atoms with Crippen molar-refractivity contribution in [3.63, 3.8) is 0 Å². The van der Waals surface area contributed by atoms with Gasteiger partial charge in [0.05, 0.1) is 11.7 Å². The van der Waals surface area contributed by atoms with Gasteiger partial charge in [0, 0.05) is 11.8 Å². The van der Waals surface area contributed by atoms with Crippen LogP contribution in [-0.4, -0.2) is 9.61 Å². The molecule has 1 aliphatic rings. The van der Waals surface area contributed by atoms with Gasteiger partial charge in [-0.15, -0.1) is 0 Å². The van der Waals surface area contributed by atoms with Crippen LogP contribution in [0.2, 0.25) is 0 Å². The lowest BCUT2D eigenvalue weighted by molar-refractivity contribution is 0.875. The van der Waals surface area contributed by atoms with Crippen LogP contribution in [0.4, 0.5) is 0 Å². The van der Waals surface area contributed by atoms with Gasteiger partial charge >= 0.3 is 0 Å². The normalized spacial score (nSPS) is 16.5. The van der Waals surface area contributed by atoms with Gasteiger partial charge in [-0.3, -0.25) is 0 Å². The molecule has 2 heteroatoms. The summed E-state index contributed by atoms with van der Waals surface area (Å²) >= 11 is 0. The Morgan fingerprint density at radius 1 is 1.33 bits per heavy atom. The molecule has 1 fully saturated rings. The Kier molecular flexibility index (Phi) is 1.84. The molecule has 0 unspecified atom stereocenters. The van der Waals surface area contributed by atoms with Crippen molar-refractivity contribution in [1.82, 2.24) is 9.61 Å². The van der Waals surface area contributed by atoms with E-state index >= 15 is 0 Å². The number of fused-ring (bicyclic) bond motifs is 1. The average molecular weight is 200 g/mol. The van der Waals surface area contributed by atoms with Crippen LogP contribution in [-0.2, 0) is 0 Å². The van der Waals surface area contributed by atoms with Gasteiger partial charge in [0.2, 0.25) is 0 Å². The van der Waals surface area contributed by atoms with Crippen LogP contribution >= 0.6 is 0 Å². The van der Waals surface area contributed by atoms with Crippen LogP contribution in [0.5, 0.6) is 0 Å². The molecule has 0 atom stereocenters. The topological polar surface area (TPSA) is 17.3 Å². The second-order valence-corrected chi connectivity index (χ2v) is 4.82. The first-order valence-electron chi connectivity index (χ1n) is 5.73. The van der Waals surface area contributed by atoms with Crippen molar-refractivity contribution in [3.05, 3.63) is 35.7 Å². The van der Waals surface area contributed by atoms with Crippen LogP contribution in [0, 0.1) is 0 Å². The van der Waals surface area contributed by atoms with E-state index in [1.54, 1.807) is 0 Å². The largest absolute Gasteiger partial charge is 0.240 e. The summed E-state index contributed by atoms with van der Waals surface area (Å²) in [6.07, 6.45) is 6.89. The van der Waals surface area contributed by atoms with E-state index in [1.165, 1.54) is 29.5 Å². The van der Waals surface area contributed by atoms with Gasteiger partial charge in [0.25, 0.3) is 0 Å². The quantitative estimate of drug-likeness (QED) is 0.726. The molecule has 2 aromatic heterocycles. The second-order valence-electron chi connectivity index (χ2n) is 4.82. The van der Waals surface area contributed by atoms with Gasteiger partial charge < -0.3 is 0 Å². The number of nitrogens with zero attached hydrogens (tertiary/aromatic N) is 2. The summed E-state index contributed by atoms with van der Waals surface area (Å²) in [5.74, 6) is 1.36. The molecule has 0 N–H and O–H groups in total. The molecule has 0 aromatic carbocycles. The highest BCUT2D eigenvalue weighted by molar-refractivity contribution is 5.55. The van der Waals surface area contributed by atoms with Crippen LogP contribution in [0.1, 0.15) is 49.7 Å². The van der Waals surface area contributed by atoms with E-state index < -0.39 is 0 Å². The molecular formula is C13H16N2. The lowest BCUT2D eigenvalue weighted by Crippen LogP contribution is -1.91. The minimum atomic E-state index is 0.550. The van der Waals surface area contributed by atoms with Gasteiger partial charge in [0.15, 0.2) is 0 Å². The third kappa shape index (κ3) is 1.44. The second kappa shape index (κ2) is 3.09.